The smallest absolute Gasteiger partial charge is 0.319 e. The van der Waals surface area contributed by atoms with Gasteiger partial charge in [0.15, 0.2) is 0 Å². The first-order valence-electron chi connectivity index (χ1n) is 8.34. The summed E-state index contributed by atoms with van der Waals surface area (Å²) < 4.78 is 5.45. The van der Waals surface area contributed by atoms with Crippen molar-refractivity contribution in [3.8, 4) is 0 Å². The molecule has 1 fully saturated rings. The van der Waals surface area contributed by atoms with E-state index in [0.717, 1.165) is 42.9 Å². The average molecular weight is 325 g/mol. The summed E-state index contributed by atoms with van der Waals surface area (Å²) in [5.41, 5.74) is 2.98. The number of hydrogen-bond donors (Lipinski definition) is 2. The third kappa shape index (κ3) is 4.32. The molecule has 2 aromatic rings. The number of carbonyl (C=O) groups is 1. The van der Waals surface area contributed by atoms with Crippen LogP contribution in [0.1, 0.15) is 30.0 Å². The lowest BCUT2D eigenvalue weighted by molar-refractivity contribution is 0.0550. The van der Waals surface area contributed by atoms with E-state index in [9.17, 15) is 4.79 Å². The first-order valence-corrected chi connectivity index (χ1v) is 8.34. The Kier molecular flexibility index (Phi) is 5.43. The van der Waals surface area contributed by atoms with Crippen LogP contribution in [0.15, 0.2) is 48.8 Å². The van der Waals surface area contributed by atoms with Crippen LogP contribution in [0, 0.1) is 12.8 Å². The third-order valence-electron chi connectivity index (χ3n) is 4.38. The molecule has 1 aliphatic heterocycles. The SMILES string of the molecule is Cc1ccc(NC(=O)NC(c2cccnc2)C2CCOCC2)cc1. The number of nitrogens with zero attached hydrogens (tertiary/aromatic N) is 1. The topological polar surface area (TPSA) is 63.2 Å². The number of urea groups is 1. The fourth-order valence-corrected chi connectivity index (χ4v) is 3.03. The molecule has 2 amide bonds. The van der Waals surface area contributed by atoms with E-state index in [-0.39, 0.29) is 12.1 Å². The number of anilines is 1. The van der Waals surface area contributed by atoms with Crippen LogP contribution in [0.5, 0.6) is 0 Å². The minimum atomic E-state index is -0.195. The van der Waals surface area contributed by atoms with Crippen molar-refractivity contribution in [2.45, 2.75) is 25.8 Å². The lowest BCUT2D eigenvalue weighted by Gasteiger charge is -2.31. The van der Waals surface area contributed by atoms with Crippen LogP contribution in [0.2, 0.25) is 0 Å². The molecule has 2 N–H and O–H groups in total. The Morgan fingerprint density at radius 3 is 2.62 bits per heavy atom. The zero-order valence-corrected chi connectivity index (χ0v) is 13.9. The van der Waals surface area contributed by atoms with Gasteiger partial charge in [0.2, 0.25) is 0 Å². The molecule has 0 saturated carbocycles. The molecule has 5 heteroatoms. The van der Waals surface area contributed by atoms with E-state index in [0.29, 0.717) is 5.92 Å². The van der Waals surface area contributed by atoms with Crippen LogP contribution >= 0.6 is 0 Å². The second-order valence-corrected chi connectivity index (χ2v) is 6.18. The molecule has 24 heavy (non-hydrogen) atoms. The average Bonchev–Trinajstić information content (AvgIpc) is 2.63. The number of benzene rings is 1. The van der Waals surface area contributed by atoms with Crippen molar-refractivity contribution in [1.29, 1.82) is 0 Å². The number of pyridine rings is 1. The number of aryl methyl sites for hydroxylation is 1. The van der Waals surface area contributed by atoms with E-state index < -0.39 is 0 Å². The zero-order valence-electron chi connectivity index (χ0n) is 13.9. The van der Waals surface area contributed by atoms with Gasteiger partial charge in [0.25, 0.3) is 0 Å². The van der Waals surface area contributed by atoms with Gasteiger partial charge in [-0.15, -0.1) is 0 Å². The summed E-state index contributed by atoms with van der Waals surface area (Å²) in [7, 11) is 0. The van der Waals surface area contributed by atoms with E-state index in [1.807, 2.05) is 49.5 Å². The van der Waals surface area contributed by atoms with Gasteiger partial charge < -0.3 is 15.4 Å². The molecule has 2 heterocycles. The molecule has 0 radical (unpaired) electrons. The maximum atomic E-state index is 12.4. The van der Waals surface area contributed by atoms with Gasteiger partial charge in [-0.25, -0.2) is 4.79 Å². The Labute approximate surface area is 142 Å². The maximum Gasteiger partial charge on any atom is 0.319 e. The molecule has 1 aromatic heterocycles. The standard InChI is InChI=1S/C19H23N3O2/c1-14-4-6-17(7-5-14)21-19(23)22-18(15-8-11-24-12-9-15)16-3-2-10-20-13-16/h2-7,10,13,15,18H,8-9,11-12H2,1H3,(H2,21,22,23). The summed E-state index contributed by atoms with van der Waals surface area (Å²) in [6.45, 7) is 3.50. The monoisotopic (exact) mass is 325 g/mol. The molecule has 5 nitrogen and oxygen atoms in total. The van der Waals surface area contributed by atoms with Gasteiger partial charge in [-0.1, -0.05) is 23.8 Å². The first-order chi connectivity index (χ1) is 11.7. The van der Waals surface area contributed by atoms with Crippen LogP contribution in [0.25, 0.3) is 0 Å². The van der Waals surface area contributed by atoms with E-state index in [4.69, 9.17) is 4.74 Å². The van der Waals surface area contributed by atoms with Gasteiger partial charge in [0.1, 0.15) is 0 Å². The Balaban J connectivity index is 1.71. The van der Waals surface area contributed by atoms with Gasteiger partial charge in [-0.05, 0) is 49.4 Å². The number of ether oxygens (including phenoxy) is 1. The van der Waals surface area contributed by atoms with Gasteiger partial charge in [-0.2, -0.15) is 0 Å². The molecule has 1 unspecified atom stereocenters. The molecule has 0 spiro atoms. The molecular formula is C19H23N3O2. The highest BCUT2D eigenvalue weighted by molar-refractivity contribution is 5.89. The highest BCUT2D eigenvalue weighted by Crippen LogP contribution is 2.29. The summed E-state index contributed by atoms with van der Waals surface area (Å²) >= 11 is 0. The lowest BCUT2D eigenvalue weighted by atomic mass is 9.88. The molecule has 1 aliphatic rings. The largest absolute Gasteiger partial charge is 0.381 e. The van der Waals surface area contributed by atoms with Crippen molar-refractivity contribution in [3.63, 3.8) is 0 Å². The second kappa shape index (κ2) is 7.93. The Morgan fingerprint density at radius 2 is 1.96 bits per heavy atom. The summed E-state index contributed by atoms with van der Waals surface area (Å²) in [6, 6.07) is 11.4. The fourth-order valence-electron chi connectivity index (χ4n) is 3.03. The van der Waals surface area contributed by atoms with Gasteiger partial charge in [0.05, 0.1) is 6.04 Å². The number of amides is 2. The third-order valence-corrected chi connectivity index (χ3v) is 4.38. The quantitative estimate of drug-likeness (QED) is 0.901. The zero-order chi connectivity index (χ0) is 16.8. The molecule has 1 aromatic carbocycles. The van der Waals surface area contributed by atoms with Gasteiger partial charge >= 0.3 is 6.03 Å². The fraction of sp³-hybridized carbons (Fsp3) is 0.368. The summed E-state index contributed by atoms with van der Waals surface area (Å²) in [5, 5.41) is 6.03. The van der Waals surface area contributed by atoms with Crippen molar-refractivity contribution < 1.29 is 9.53 Å². The predicted octanol–water partition coefficient (Wildman–Crippen LogP) is 3.68. The Hall–Kier alpha value is -2.40. The number of rotatable bonds is 4. The number of aromatic nitrogens is 1. The van der Waals surface area contributed by atoms with E-state index in [1.165, 1.54) is 0 Å². The molecular weight excluding hydrogens is 302 g/mol. The minimum Gasteiger partial charge on any atom is -0.381 e. The molecule has 1 atom stereocenters. The Bertz CT molecular complexity index is 652. The van der Waals surface area contributed by atoms with Gasteiger partial charge in [-0.3, -0.25) is 4.98 Å². The van der Waals surface area contributed by atoms with Crippen LogP contribution in [-0.2, 0) is 4.74 Å². The van der Waals surface area contributed by atoms with Crippen molar-refractivity contribution in [1.82, 2.24) is 10.3 Å². The summed E-state index contributed by atoms with van der Waals surface area (Å²) in [4.78, 5) is 16.6. The maximum absolute atomic E-state index is 12.4. The second-order valence-electron chi connectivity index (χ2n) is 6.18. The van der Waals surface area contributed by atoms with E-state index in [1.54, 1.807) is 6.20 Å². The first kappa shape index (κ1) is 16.5. The van der Waals surface area contributed by atoms with Crippen LogP contribution in [0.3, 0.4) is 0 Å². The minimum absolute atomic E-state index is 0.0620. The van der Waals surface area contributed by atoms with Crippen LogP contribution in [-0.4, -0.2) is 24.2 Å². The van der Waals surface area contributed by atoms with Crippen LogP contribution in [0.4, 0.5) is 10.5 Å². The van der Waals surface area contributed by atoms with Crippen molar-refractivity contribution in [2.75, 3.05) is 18.5 Å². The number of nitrogens with one attached hydrogen (secondary N) is 2. The van der Waals surface area contributed by atoms with Gasteiger partial charge in [0, 0.05) is 31.3 Å². The summed E-state index contributed by atoms with van der Waals surface area (Å²) in [6.07, 6.45) is 5.44. The van der Waals surface area contributed by atoms with Crippen molar-refractivity contribution >= 4 is 11.7 Å². The van der Waals surface area contributed by atoms with Crippen molar-refractivity contribution in [3.05, 3.63) is 59.9 Å². The highest BCUT2D eigenvalue weighted by atomic mass is 16.5. The number of hydrogen-bond acceptors (Lipinski definition) is 3. The molecule has 126 valence electrons. The molecule has 0 bridgehead atoms. The Morgan fingerprint density at radius 1 is 1.21 bits per heavy atom. The van der Waals surface area contributed by atoms with E-state index >= 15 is 0 Å². The van der Waals surface area contributed by atoms with Crippen molar-refractivity contribution in [2.24, 2.45) is 5.92 Å². The molecule has 3 rings (SSSR count). The van der Waals surface area contributed by atoms with E-state index in [2.05, 4.69) is 15.6 Å². The summed E-state index contributed by atoms with van der Waals surface area (Å²) in [5.74, 6) is 0.353. The molecule has 0 aliphatic carbocycles. The highest BCUT2D eigenvalue weighted by Gasteiger charge is 2.27. The van der Waals surface area contributed by atoms with Crippen LogP contribution < -0.4 is 10.6 Å². The number of carbonyl (C=O) groups excluding carboxylic acids is 1. The normalized spacial score (nSPS) is 16.4. The molecule has 1 saturated heterocycles. The lowest BCUT2D eigenvalue weighted by Crippen LogP contribution is -2.38. The predicted molar refractivity (Wildman–Crippen MR) is 93.9 cm³/mol.